The highest BCUT2D eigenvalue weighted by Gasteiger charge is 2.09. The molecular formula is C20H24ClNO2S. The molecule has 0 aliphatic rings. The maximum atomic E-state index is 11.9. The lowest BCUT2D eigenvalue weighted by molar-refractivity contribution is -0.122. The Hall–Kier alpha value is -1.65. The van der Waals surface area contributed by atoms with Crippen LogP contribution in [0.4, 0.5) is 0 Å². The topological polar surface area (TPSA) is 38.3 Å². The van der Waals surface area contributed by atoms with Gasteiger partial charge in [-0.3, -0.25) is 4.79 Å². The molecule has 2 rings (SSSR count). The van der Waals surface area contributed by atoms with Crippen molar-refractivity contribution in [2.45, 2.75) is 25.5 Å². The summed E-state index contributed by atoms with van der Waals surface area (Å²) >= 11 is 7.87. The smallest absolute Gasteiger partial charge is 0.257 e. The van der Waals surface area contributed by atoms with Crippen LogP contribution in [-0.4, -0.2) is 24.8 Å². The van der Waals surface area contributed by atoms with Crippen LogP contribution in [0.5, 0.6) is 5.75 Å². The van der Waals surface area contributed by atoms with E-state index in [-0.39, 0.29) is 12.5 Å². The van der Waals surface area contributed by atoms with Gasteiger partial charge >= 0.3 is 0 Å². The summed E-state index contributed by atoms with van der Waals surface area (Å²) in [5.41, 5.74) is 2.24. The fraction of sp³-hybridized carbons (Fsp3) is 0.350. The zero-order chi connectivity index (χ0) is 18.1. The largest absolute Gasteiger partial charge is 0.483 e. The second-order valence-corrected chi connectivity index (χ2v) is 7.49. The first kappa shape index (κ1) is 19.7. The van der Waals surface area contributed by atoms with Gasteiger partial charge in [0.1, 0.15) is 5.75 Å². The number of rotatable bonds is 9. The molecule has 0 saturated carbocycles. The van der Waals surface area contributed by atoms with Gasteiger partial charge in [-0.25, -0.2) is 0 Å². The Morgan fingerprint density at radius 2 is 1.88 bits per heavy atom. The highest BCUT2D eigenvalue weighted by atomic mass is 35.5. The number of ether oxygens (including phenoxy) is 1. The molecule has 1 N–H and O–H groups in total. The van der Waals surface area contributed by atoms with Gasteiger partial charge in [0, 0.05) is 23.1 Å². The van der Waals surface area contributed by atoms with Crippen molar-refractivity contribution in [1.82, 2.24) is 5.32 Å². The van der Waals surface area contributed by atoms with Crippen LogP contribution in [-0.2, 0) is 10.5 Å². The second kappa shape index (κ2) is 10.4. The summed E-state index contributed by atoms with van der Waals surface area (Å²) in [5.74, 6) is 2.71. The second-order valence-electron chi connectivity index (χ2n) is 5.98. The maximum absolute atomic E-state index is 11.9. The van der Waals surface area contributed by atoms with Gasteiger partial charge in [-0.15, -0.1) is 0 Å². The summed E-state index contributed by atoms with van der Waals surface area (Å²) in [7, 11) is 0. The number of halogens is 1. The molecular weight excluding hydrogens is 354 g/mol. The Bertz CT molecular complexity index is 691. The number of para-hydroxylation sites is 1. The third kappa shape index (κ3) is 6.63. The van der Waals surface area contributed by atoms with Gasteiger partial charge in [0.05, 0.1) is 0 Å². The number of carbonyl (C=O) groups excluding carboxylic acids is 1. The average molecular weight is 378 g/mol. The fourth-order valence-electron chi connectivity index (χ4n) is 2.34. The van der Waals surface area contributed by atoms with Crippen LogP contribution in [0.2, 0.25) is 5.02 Å². The van der Waals surface area contributed by atoms with E-state index in [0.29, 0.717) is 12.5 Å². The molecule has 0 aromatic heterocycles. The minimum atomic E-state index is -0.100. The minimum absolute atomic E-state index is 0.0406. The third-order valence-corrected chi connectivity index (χ3v) is 5.06. The monoisotopic (exact) mass is 377 g/mol. The van der Waals surface area contributed by atoms with Gasteiger partial charge in [-0.05, 0) is 29.2 Å². The van der Waals surface area contributed by atoms with E-state index in [0.717, 1.165) is 33.4 Å². The van der Waals surface area contributed by atoms with Crippen molar-refractivity contribution < 1.29 is 9.53 Å². The van der Waals surface area contributed by atoms with Crippen LogP contribution in [0.25, 0.3) is 0 Å². The Balaban J connectivity index is 1.65. The minimum Gasteiger partial charge on any atom is -0.483 e. The number of amides is 1. The Kier molecular flexibility index (Phi) is 8.16. The van der Waals surface area contributed by atoms with Crippen LogP contribution in [0.15, 0.2) is 48.5 Å². The molecule has 0 radical (unpaired) electrons. The zero-order valence-corrected chi connectivity index (χ0v) is 16.2. The van der Waals surface area contributed by atoms with Crippen molar-refractivity contribution in [3.8, 4) is 5.75 Å². The van der Waals surface area contributed by atoms with Gasteiger partial charge < -0.3 is 10.1 Å². The lowest BCUT2D eigenvalue weighted by Crippen LogP contribution is -2.30. The Morgan fingerprint density at radius 3 is 2.64 bits per heavy atom. The first-order valence-corrected chi connectivity index (χ1v) is 9.90. The van der Waals surface area contributed by atoms with E-state index in [4.69, 9.17) is 16.3 Å². The molecule has 0 spiro atoms. The quantitative estimate of drug-likeness (QED) is 0.632. The van der Waals surface area contributed by atoms with E-state index in [2.05, 4.69) is 19.2 Å². The summed E-state index contributed by atoms with van der Waals surface area (Å²) in [6.07, 6.45) is 0. The number of benzene rings is 2. The third-order valence-electron chi connectivity index (χ3n) is 3.68. The molecule has 0 heterocycles. The summed E-state index contributed by atoms with van der Waals surface area (Å²) in [6.45, 7) is 4.87. The molecule has 0 bridgehead atoms. The normalized spacial score (nSPS) is 10.7. The van der Waals surface area contributed by atoms with Crippen molar-refractivity contribution in [3.63, 3.8) is 0 Å². The molecule has 5 heteroatoms. The first-order valence-electron chi connectivity index (χ1n) is 8.37. The van der Waals surface area contributed by atoms with Crippen LogP contribution in [0, 0.1) is 0 Å². The standard InChI is InChI=1S/C20H24ClNO2S/c1-15(2)17-8-4-6-10-19(17)24-13-20(23)22-11-12-25-14-16-7-3-5-9-18(16)21/h3-10,15H,11-14H2,1-2H3,(H,22,23). The van der Waals surface area contributed by atoms with Gasteiger partial charge in [-0.2, -0.15) is 11.8 Å². The Morgan fingerprint density at radius 1 is 1.16 bits per heavy atom. The predicted molar refractivity (Wildman–Crippen MR) is 107 cm³/mol. The molecule has 134 valence electrons. The van der Waals surface area contributed by atoms with E-state index >= 15 is 0 Å². The SMILES string of the molecule is CC(C)c1ccccc1OCC(=O)NCCSCc1ccccc1Cl. The van der Waals surface area contributed by atoms with Crippen molar-refractivity contribution in [1.29, 1.82) is 0 Å². The Labute approximate surface area is 159 Å². The molecule has 0 atom stereocenters. The summed E-state index contributed by atoms with van der Waals surface area (Å²) in [5, 5.41) is 3.67. The number of nitrogens with one attached hydrogen (secondary N) is 1. The van der Waals surface area contributed by atoms with Crippen molar-refractivity contribution in [3.05, 3.63) is 64.7 Å². The maximum Gasteiger partial charge on any atom is 0.257 e. The van der Waals surface area contributed by atoms with E-state index in [1.807, 2.05) is 48.5 Å². The van der Waals surface area contributed by atoms with Crippen molar-refractivity contribution >= 4 is 29.3 Å². The lowest BCUT2D eigenvalue weighted by atomic mass is 10.0. The number of carbonyl (C=O) groups is 1. The van der Waals surface area contributed by atoms with Gasteiger partial charge in [0.15, 0.2) is 6.61 Å². The van der Waals surface area contributed by atoms with Gasteiger partial charge in [-0.1, -0.05) is 61.8 Å². The molecule has 0 aliphatic heterocycles. The highest BCUT2D eigenvalue weighted by Crippen LogP contribution is 2.25. The van der Waals surface area contributed by atoms with Gasteiger partial charge in [0.2, 0.25) is 0 Å². The van der Waals surface area contributed by atoms with Crippen LogP contribution in [0.1, 0.15) is 30.9 Å². The molecule has 0 saturated heterocycles. The highest BCUT2D eigenvalue weighted by molar-refractivity contribution is 7.98. The predicted octanol–water partition coefficient (Wildman–Crippen LogP) is 4.89. The molecule has 2 aromatic rings. The van der Waals surface area contributed by atoms with E-state index in [1.54, 1.807) is 11.8 Å². The molecule has 0 fully saturated rings. The van der Waals surface area contributed by atoms with Crippen LogP contribution in [0.3, 0.4) is 0 Å². The van der Waals surface area contributed by atoms with Crippen molar-refractivity contribution in [2.75, 3.05) is 18.9 Å². The fourth-order valence-corrected chi connectivity index (χ4v) is 3.49. The average Bonchev–Trinajstić information content (AvgIpc) is 2.61. The molecule has 0 unspecified atom stereocenters. The lowest BCUT2D eigenvalue weighted by Gasteiger charge is -2.13. The summed E-state index contributed by atoms with van der Waals surface area (Å²) < 4.78 is 5.67. The number of hydrogen-bond acceptors (Lipinski definition) is 3. The summed E-state index contributed by atoms with van der Waals surface area (Å²) in [4.78, 5) is 11.9. The first-order chi connectivity index (χ1) is 12.1. The molecule has 0 aliphatic carbocycles. The van der Waals surface area contributed by atoms with Crippen LogP contribution >= 0.6 is 23.4 Å². The molecule has 3 nitrogen and oxygen atoms in total. The van der Waals surface area contributed by atoms with E-state index in [1.165, 1.54) is 0 Å². The molecule has 25 heavy (non-hydrogen) atoms. The van der Waals surface area contributed by atoms with Gasteiger partial charge in [0.25, 0.3) is 5.91 Å². The summed E-state index contributed by atoms with van der Waals surface area (Å²) in [6, 6.07) is 15.7. The van der Waals surface area contributed by atoms with E-state index < -0.39 is 0 Å². The molecule has 1 amide bonds. The number of thioether (sulfide) groups is 1. The van der Waals surface area contributed by atoms with Crippen LogP contribution < -0.4 is 10.1 Å². The van der Waals surface area contributed by atoms with E-state index in [9.17, 15) is 4.79 Å². The zero-order valence-electron chi connectivity index (χ0n) is 14.6. The number of hydrogen-bond donors (Lipinski definition) is 1. The molecule has 2 aromatic carbocycles. The van der Waals surface area contributed by atoms with Crippen molar-refractivity contribution in [2.24, 2.45) is 0 Å².